The third-order valence-electron chi connectivity index (χ3n) is 3.40. The first-order chi connectivity index (χ1) is 10.0. The van der Waals surface area contributed by atoms with E-state index in [0.29, 0.717) is 5.65 Å². The van der Waals surface area contributed by atoms with Gasteiger partial charge >= 0.3 is 0 Å². The van der Waals surface area contributed by atoms with Crippen LogP contribution in [0.1, 0.15) is 11.1 Å². The SMILES string of the molecule is C=Cc1c[nH]c2ncc(S(=O)(=O)c3ccc(C)cc3)cc12. The number of fused-ring (bicyclic) bond motifs is 1. The van der Waals surface area contributed by atoms with Gasteiger partial charge in [-0.1, -0.05) is 30.4 Å². The molecule has 2 aromatic heterocycles. The standard InChI is InChI=1S/C16H14N2O2S/c1-3-12-9-17-16-15(12)8-14(10-18-16)21(19,20)13-6-4-11(2)5-7-13/h3-10H,1H2,2H3,(H,17,18). The Kier molecular flexibility index (Phi) is 3.14. The second-order valence-corrected chi connectivity index (χ2v) is 6.78. The zero-order valence-electron chi connectivity index (χ0n) is 11.5. The van der Waals surface area contributed by atoms with E-state index in [4.69, 9.17) is 0 Å². The Hall–Kier alpha value is -2.40. The largest absolute Gasteiger partial charge is 0.346 e. The lowest BCUT2D eigenvalue weighted by atomic mass is 10.2. The number of pyridine rings is 1. The van der Waals surface area contributed by atoms with Crippen molar-refractivity contribution < 1.29 is 8.42 Å². The van der Waals surface area contributed by atoms with Gasteiger partial charge in [-0.05, 0) is 25.1 Å². The Labute approximate surface area is 123 Å². The van der Waals surface area contributed by atoms with Crippen LogP contribution in [-0.4, -0.2) is 18.4 Å². The van der Waals surface area contributed by atoms with Crippen LogP contribution < -0.4 is 0 Å². The first-order valence-electron chi connectivity index (χ1n) is 6.44. The molecule has 3 aromatic rings. The second kappa shape index (κ2) is 4.86. The molecule has 0 aliphatic heterocycles. The van der Waals surface area contributed by atoms with Crippen LogP contribution in [0.25, 0.3) is 17.1 Å². The number of nitrogens with zero attached hydrogens (tertiary/aromatic N) is 1. The second-order valence-electron chi connectivity index (χ2n) is 4.83. The molecule has 0 bridgehead atoms. The summed E-state index contributed by atoms with van der Waals surface area (Å²) in [7, 11) is -3.56. The van der Waals surface area contributed by atoms with E-state index in [-0.39, 0.29) is 9.79 Å². The summed E-state index contributed by atoms with van der Waals surface area (Å²) in [5.41, 5.74) is 2.49. The molecule has 1 N–H and O–H groups in total. The highest BCUT2D eigenvalue weighted by molar-refractivity contribution is 7.91. The zero-order valence-corrected chi connectivity index (χ0v) is 12.3. The molecule has 2 heterocycles. The lowest BCUT2D eigenvalue weighted by molar-refractivity contribution is 0.596. The van der Waals surface area contributed by atoms with Crippen molar-refractivity contribution in [3.8, 4) is 0 Å². The number of sulfone groups is 1. The molecule has 3 rings (SSSR count). The Morgan fingerprint density at radius 2 is 1.90 bits per heavy atom. The zero-order chi connectivity index (χ0) is 15.0. The molecular weight excluding hydrogens is 284 g/mol. The van der Waals surface area contributed by atoms with Gasteiger partial charge in [0.25, 0.3) is 0 Å². The van der Waals surface area contributed by atoms with Crippen LogP contribution in [0.3, 0.4) is 0 Å². The molecule has 106 valence electrons. The fourth-order valence-corrected chi connectivity index (χ4v) is 3.40. The maximum Gasteiger partial charge on any atom is 0.208 e. The minimum absolute atomic E-state index is 0.182. The fraction of sp³-hybridized carbons (Fsp3) is 0.0625. The predicted molar refractivity (Wildman–Crippen MR) is 82.8 cm³/mol. The number of benzene rings is 1. The number of aryl methyl sites for hydroxylation is 1. The first-order valence-corrected chi connectivity index (χ1v) is 7.92. The monoisotopic (exact) mass is 298 g/mol. The van der Waals surface area contributed by atoms with Crippen molar-refractivity contribution in [2.45, 2.75) is 16.7 Å². The molecule has 1 aromatic carbocycles. The van der Waals surface area contributed by atoms with Crippen molar-refractivity contribution in [3.05, 3.63) is 60.4 Å². The Morgan fingerprint density at radius 1 is 1.19 bits per heavy atom. The average Bonchev–Trinajstić information content (AvgIpc) is 2.89. The van der Waals surface area contributed by atoms with Crippen molar-refractivity contribution in [1.82, 2.24) is 9.97 Å². The minimum atomic E-state index is -3.56. The Bertz CT molecular complexity index is 923. The summed E-state index contributed by atoms with van der Waals surface area (Å²) in [5.74, 6) is 0. The van der Waals surface area contributed by atoms with Gasteiger partial charge in [0.05, 0.1) is 9.79 Å². The number of aromatic nitrogens is 2. The lowest BCUT2D eigenvalue weighted by Gasteiger charge is -2.05. The summed E-state index contributed by atoms with van der Waals surface area (Å²) in [6.45, 7) is 5.63. The van der Waals surface area contributed by atoms with E-state index in [1.807, 2.05) is 6.92 Å². The summed E-state index contributed by atoms with van der Waals surface area (Å²) in [4.78, 5) is 7.61. The molecular formula is C16H14N2O2S. The first kappa shape index (κ1) is 13.6. The fourth-order valence-electron chi connectivity index (χ4n) is 2.17. The molecule has 0 saturated heterocycles. The molecule has 4 nitrogen and oxygen atoms in total. The van der Waals surface area contributed by atoms with Crippen LogP contribution >= 0.6 is 0 Å². The highest BCUT2D eigenvalue weighted by Crippen LogP contribution is 2.25. The third-order valence-corrected chi connectivity index (χ3v) is 5.14. The summed E-state index contributed by atoms with van der Waals surface area (Å²) in [5, 5.41) is 0.748. The Morgan fingerprint density at radius 3 is 2.57 bits per heavy atom. The summed E-state index contributed by atoms with van der Waals surface area (Å²) in [6.07, 6.45) is 4.80. The summed E-state index contributed by atoms with van der Waals surface area (Å²) < 4.78 is 25.3. The lowest BCUT2D eigenvalue weighted by Crippen LogP contribution is -2.02. The van der Waals surface area contributed by atoms with E-state index in [1.54, 1.807) is 42.6 Å². The van der Waals surface area contributed by atoms with Crippen molar-refractivity contribution in [2.24, 2.45) is 0 Å². The minimum Gasteiger partial charge on any atom is -0.346 e. The van der Waals surface area contributed by atoms with E-state index in [0.717, 1.165) is 16.5 Å². The van der Waals surface area contributed by atoms with Crippen molar-refractivity contribution in [3.63, 3.8) is 0 Å². The van der Waals surface area contributed by atoms with E-state index in [1.165, 1.54) is 6.20 Å². The molecule has 0 fully saturated rings. The van der Waals surface area contributed by atoms with Crippen LogP contribution in [0.4, 0.5) is 0 Å². The molecule has 0 aliphatic rings. The normalized spacial score (nSPS) is 11.7. The van der Waals surface area contributed by atoms with Gasteiger partial charge in [0.1, 0.15) is 5.65 Å². The van der Waals surface area contributed by atoms with Crippen LogP contribution in [0.15, 0.2) is 59.1 Å². The number of aromatic amines is 1. The molecule has 0 unspecified atom stereocenters. The van der Waals surface area contributed by atoms with E-state index in [9.17, 15) is 8.42 Å². The average molecular weight is 298 g/mol. The maximum atomic E-state index is 12.6. The molecule has 0 atom stereocenters. The molecule has 0 saturated carbocycles. The van der Waals surface area contributed by atoms with Gasteiger partial charge in [0, 0.05) is 23.3 Å². The number of rotatable bonds is 3. The van der Waals surface area contributed by atoms with Crippen LogP contribution in [-0.2, 0) is 9.84 Å². The number of hydrogen-bond acceptors (Lipinski definition) is 3. The molecule has 0 aliphatic carbocycles. The van der Waals surface area contributed by atoms with Crippen LogP contribution in [0.2, 0.25) is 0 Å². The predicted octanol–water partition coefficient (Wildman–Crippen LogP) is 3.35. The molecule has 5 heteroatoms. The van der Waals surface area contributed by atoms with Gasteiger partial charge in [0.2, 0.25) is 9.84 Å². The number of nitrogens with one attached hydrogen (secondary N) is 1. The molecule has 0 radical (unpaired) electrons. The number of hydrogen-bond donors (Lipinski definition) is 1. The van der Waals surface area contributed by atoms with Gasteiger partial charge in [-0.25, -0.2) is 13.4 Å². The van der Waals surface area contributed by atoms with Gasteiger partial charge in [-0.2, -0.15) is 0 Å². The van der Waals surface area contributed by atoms with Crippen molar-refractivity contribution >= 4 is 26.9 Å². The quantitative estimate of drug-likeness (QED) is 0.806. The number of H-pyrrole nitrogens is 1. The smallest absolute Gasteiger partial charge is 0.208 e. The van der Waals surface area contributed by atoms with Crippen LogP contribution in [0.5, 0.6) is 0 Å². The van der Waals surface area contributed by atoms with Gasteiger partial charge in [-0.3, -0.25) is 0 Å². The Balaban J connectivity index is 2.18. The van der Waals surface area contributed by atoms with Crippen molar-refractivity contribution in [1.29, 1.82) is 0 Å². The molecule has 0 amide bonds. The molecule has 21 heavy (non-hydrogen) atoms. The van der Waals surface area contributed by atoms with Gasteiger partial charge < -0.3 is 4.98 Å². The topological polar surface area (TPSA) is 62.8 Å². The van der Waals surface area contributed by atoms with Crippen molar-refractivity contribution in [2.75, 3.05) is 0 Å². The highest BCUT2D eigenvalue weighted by Gasteiger charge is 2.19. The third kappa shape index (κ3) is 2.25. The van der Waals surface area contributed by atoms with Crippen LogP contribution in [0, 0.1) is 6.92 Å². The summed E-state index contributed by atoms with van der Waals surface area (Å²) in [6, 6.07) is 8.42. The summed E-state index contributed by atoms with van der Waals surface area (Å²) >= 11 is 0. The van der Waals surface area contributed by atoms with E-state index in [2.05, 4.69) is 16.5 Å². The highest BCUT2D eigenvalue weighted by atomic mass is 32.2. The maximum absolute atomic E-state index is 12.6. The van der Waals surface area contributed by atoms with Gasteiger partial charge in [0.15, 0.2) is 0 Å². The van der Waals surface area contributed by atoms with E-state index < -0.39 is 9.84 Å². The van der Waals surface area contributed by atoms with E-state index >= 15 is 0 Å². The molecule has 0 spiro atoms. The van der Waals surface area contributed by atoms with Gasteiger partial charge in [-0.15, -0.1) is 0 Å².